The van der Waals surface area contributed by atoms with E-state index in [1.54, 1.807) is 0 Å². The Morgan fingerprint density at radius 1 is 1.25 bits per heavy atom. The lowest BCUT2D eigenvalue weighted by Crippen LogP contribution is -2.43. The highest BCUT2D eigenvalue weighted by atomic mass is 19.4. The topological polar surface area (TPSA) is 15.3 Å². The average molecular weight is 286 g/mol. The lowest BCUT2D eigenvalue weighted by atomic mass is 9.97. The van der Waals surface area contributed by atoms with E-state index in [1.165, 1.54) is 5.56 Å². The number of anilines is 1. The van der Waals surface area contributed by atoms with Crippen LogP contribution in [0.5, 0.6) is 0 Å². The van der Waals surface area contributed by atoms with E-state index in [4.69, 9.17) is 0 Å². The van der Waals surface area contributed by atoms with Crippen LogP contribution in [0.4, 0.5) is 18.9 Å². The summed E-state index contributed by atoms with van der Waals surface area (Å²) in [5.74, 6) is -1.16. The molecular formula is C15H21F3N2. The lowest BCUT2D eigenvalue weighted by molar-refractivity contribution is -0.186. The van der Waals surface area contributed by atoms with Gasteiger partial charge in [-0.2, -0.15) is 13.2 Å². The number of hydrogen-bond donors (Lipinski definition) is 1. The average Bonchev–Trinajstić information content (AvgIpc) is 2.40. The van der Waals surface area contributed by atoms with Crippen molar-refractivity contribution in [3.05, 3.63) is 29.8 Å². The number of aryl methyl sites for hydroxylation is 1. The Morgan fingerprint density at radius 3 is 2.60 bits per heavy atom. The summed E-state index contributed by atoms with van der Waals surface area (Å²) in [6.45, 7) is 4.25. The molecule has 1 aliphatic heterocycles. The van der Waals surface area contributed by atoms with Gasteiger partial charge in [0.1, 0.15) is 0 Å². The van der Waals surface area contributed by atoms with Crippen molar-refractivity contribution < 1.29 is 13.2 Å². The molecule has 5 heteroatoms. The first-order chi connectivity index (χ1) is 9.45. The summed E-state index contributed by atoms with van der Waals surface area (Å²) < 4.78 is 38.1. The van der Waals surface area contributed by atoms with Gasteiger partial charge in [0.25, 0.3) is 0 Å². The van der Waals surface area contributed by atoms with Gasteiger partial charge in [-0.1, -0.05) is 17.7 Å². The van der Waals surface area contributed by atoms with E-state index in [1.807, 2.05) is 36.1 Å². The van der Waals surface area contributed by atoms with Crippen molar-refractivity contribution >= 4 is 5.69 Å². The Bertz CT molecular complexity index is 414. The van der Waals surface area contributed by atoms with Gasteiger partial charge in [0.15, 0.2) is 0 Å². The van der Waals surface area contributed by atoms with Crippen LogP contribution < -0.4 is 5.32 Å². The minimum Gasteiger partial charge on any atom is -0.384 e. The molecule has 0 bridgehead atoms. The molecule has 0 radical (unpaired) electrons. The predicted molar refractivity (Wildman–Crippen MR) is 74.9 cm³/mol. The number of nitrogens with zero attached hydrogens (tertiary/aromatic N) is 1. The van der Waals surface area contributed by atoms with E-state index >= 15 is 0 Å². The number of halogens is 3. The standard InChI is InChI=1S/C15H21F3N2/c1-12-4-6-14(7-5-12)19-8-10-20-9-2-3-13(11-20)15(16,17)18/h4-7,13,19H,2-3,8-11H2,1H3. The molecule has 0 spiro atoms. The summed E-state index contributed by atoms with van der Waals surface area (Å²) in [4.78, 5) is 1.91. The highest BCUT2D eigenvalue weighted by Crippen LogP contribution is 2.32. The normalized spacial score (nSPS) is 20.9. The molecule has 1 unspecified atom stereocenters. The first-order valence-corrected chi connectivity index (χ1v) is 7.05. The molecule has 2 nitrogen and oxygen atoms in total. The summed E-state index contributed by atoms with van der Waals surface area (Å²) in [6.07, 6.45) is -3.15. The van der Waals surface area contributed by atoms with Crippen LogP contribution in [0.15, 0.2) is 24.3 Å². The van der Waals surface area contributed by atoms with Crippen LogP contribution in [0, 0.1) is 12.8 Å². The van der Waals surface area contributed by atoms with Gasteiger partial charge < -0.3 is 10.2 Å². The maximum atomic E-state index is 12.7. The van der Waals surface area contributed by atoms with Crippen LogP contribution in [-0.4, -0.2) is 37.3 Å². The molecule has 0 saturated carbocycles. The van der Waals surface area contributed by atoms with Gasteiger partial charge in [0, 0.05) is 25.3 Å². The zero-order valence-corrected chi connectivity index (χ0v) is 11.7. The molecule has 1 fully saturated rings. The molecule has 1 aliphatic rings. The summed E-state index contributed by atoms with van der Waals surface area (Å²) >= 11 is 0. The fraction of sp³-hybridized carbons (Fsp3) is 0.600. The highest BCUT2D eigenvalue weighted by molar-refractivity contribution is 5.44. The number of likely N-dealkylation sites (tertiary alicyclic amines) is 1. The molecule has 1 N–H and O–H groups in total. The second-order valence-corrected chi connectivity index (χ2v) is 5.47. The molecule has 112 valence electrons. The highest BCUT2D eigenvalue weighted by Gasteiger charge is 2.41. The molecule has 0 amide bonds. The largest absolute Gasteiger partial charge is 0.393 e. The first-order valence-electron chi connectivity index (χ1n) is 7.05. The lowest BCUT2D eigenvalue weighted by Gasteiger charge is -2.33. The van der Waals surface area contributed by atoms with Crippen LogP contribution in [0.3, 0.4) is 0 Å². The Morgan fingerprint density at radius 2 is 1.95 bits per heavy atom. The van der Waals surface area contributed by atoms with E-state index in [9.17, 15) is 13.2 Å². The quantitative estimate of drug-likeness (QED) is 0.908. The van der Waals surface area contributed by atoms with Crippen molar-refractivity contribution in [3.8, 4) is 0 Å². The Hall–Kier alpha value is -1.23. The second kappa shape index (κ2) is 6.48. The third-order valence-electron chi connectivity index (χ3n) is 3.78. The summed E-state index contributed by atoms with van der Waals surface area (Å²) in [7, 11) is 0. The van der Waals surface area contributed by atoms with Crippen LogP contribution in [0.2, 0.25) is 0 Å². The SMILES string of the molecule is Cc1ccc(NCCN2CCCC(C(F)(F)F)C2)cc1. The van der Waals surface area contributed by atoms with E-state index < -0.39 is 12.1 Å². The Balaban J connectivity index is 1.75. The zero-order chi connectivity index (χ0) is 14.6. The van der Waals surface area contributed by atoms with Crippen molar-refractivity contribution in [2.75, 3.05) is 31.5 Å². The zero-order valence-electron chi connectivity index (χ0n) is 11.7. The molecule has 0 aromatic heterocycles. The van der Waals surface area contributed by atoms with Crippen molar-refractivity contribution in [2.24, 2.45) is 5.92 Å². The third-order valence-corrected chi connectivity index (χ3v) is 3.78. The molecule has 2 rings (SSSR count). The van der Waals surface area contributed by atoms with Crippen LogP contribution in [0.1, 0.15) is 18.4 Å². The van der Waals surface area contributed by atoms with Crippen molar-refractivity contribution in [1.29, 1.82) is 0 Å². The maximum Gasteiger partial charge on any atom is 0.393 e. The molecule has 1 aromatic rings. The molecule has 20 heavy (non-hydrogen) atoms. The van der Waals surface area contributed by atoms with Crippen molar-refractivity contribution in [3.63, 3.8) is 0 Å². The molecular weight excluding hydrogens is 265 g/mol. The van der Waals surface area contributed by atoms with E-state index in [-0.39, 0.29) is 13.0 Å². The van der Waals surface area contributed by atoms with E-state index in [0.717, 1.165) is 12.2 Å². The van der Waals surface area contributed by atoms with Crippen LogP contribution in [-0.2, 0) is 0 Å². The molecule has 1 atom stereocenters. The third kappa shape index (κ3) is 4.40. The van der Waals surface area contributed by atoms with Crippen molar-refractivity contribution in [2.45, 2.75) is 25.9 Å². The summed E-state index contributed by atoms with van der Waals surface area (Å²) in [6, 6.07) is 8.01. The minimum absolute atomic E-state index is 0.138. The summed E-state index contributed by atoms with van der Waals surface area (Å²) in [5, 5.41) is 3.25. The molecule has 1 aromatic carbocycles. The maximum absolute atomic E-state index is 12.7. The number of hydrogen-bond acceptors (Lipinski definition) is 2. The Labute approximate surface area is 118 Å². The molecule has 1 heterocycles. The fourth-order valence-corrected chi connectivity index (χ4v) is 2.56. The van der Waals surface area contributed by atoms with Crippen molar-refractivity contribution in [1.82, 2.24) is 4.90 Å². The van der Waals surface area contributed by atoms with E-state index in [2.05, 4.69) is 5.32 Å². The van der Waals surface area contributed by atoms with Crippen LogP contribution in [0.25, 0.3) is 0 Å². The van der Waals surface area contributed by atoms with Gasteiger partial charge >= 0.3 is 6.18 Å². The van der Waals surface area contributed by atoms with Gasteiger partial charge in [-0.3, -0.25) is 0 Å². The monoisotopic (exact) mass is 286 g/mol. The number of alkyl halides is 3. The number of nitrogens with one attached hydrogen (secondary N) is 1. The predicted octanol–water partition coefficient (Wildman–Crippen LogP) is 3.68. The second-order valence-electron chi connectivity index (χ2n) is 5.47. The van der Waals surface area contributed by atoms with Gasteiger partial charge in [-0.05, 0) is 38.4 Å². The fourth-order valence-electron chi connectivity index (χ4n) is 2.56. The smallest absolute Gasteiger partial charge is 0.384 e. The number of piperidine rings is 1. The molecule has 0 aliphatic carbocycles. The number of rotatable bonds is 4. The van der Waals surface area contributed by atoms with Gasteiger partial charge in [-0.25, -0.2) is 0 Å². The summed E-state index contributed by atoms with van der Waals surface area (Å²) in [5.41, 5.74) is 2.21. The Kier molecular flexibility index (Phi) is 4.91. The minimum atomic E-state index is -4.05. The van der Waals surface area contributed by atoms with Gasteiger partial charge in [0.2, 0.25) is 0 Å². The van der Waals surface area contributed by atoms with Crippen LogP contribution >= 0.6 is 0 Å². The van der Waals surface area contributed by atoms with E-state index in [0.29, 0.717) is 19.5 Å². The van der Waals surface area contributed by atoms with Gasteiger partial charge in [-0.15, -0.1) is 0 Å². The first kappa shape index (κ1) is 15.2. The van der Waals surface area contributed by atoms with Gasteiger partial charge in [0.05, 0.1) is 5.92 Å². The molecule has 1 saturated heterocycles. The number of benzene rings is 1.